The van der Waals surface area contributed by atoms with Gasteiger partial charge in [-0.05, 0) is 30.3 Å². The minimum Gasteiger partial charge on any atom is -0.493 e. The molecule has 0 unspecified atom stereocenters. The van der Waals surface area contributed by atoms with Crippen molar-refractivity contribution in [1.29, 1.82) is 0 Å². The van der Waals surface area contributed by atoms with E-state index in [0.717, 1.165) is 4.90 Å². The van der Waals surface area contributed by atoms with Crippen LogP contribution in [0.5, 0.6) is 11.5 Å². The van der Waals surface area contributed by atoms with Crippen LogP contribution in [0, 0.1) is 26.1 Å². The fraction of sp³-hybridized carbons (Fsp3) is 0.200. The van der Waals surface area contributed by atoms with E-state index in [0.29, 0.717) is 5.69 Å². The monoisotopic (exact) mass is 520 g/mol. The third kappa shape index (κ3) is 3.85. The second-order valence-corrected chi connectivity index (χ2v) is 8.47. The van der Waals surface area contributed by atoms with Gasteiger partial charge in [0.15, 0.2) is 17.6 Å². The highest BCUT2D eigenvalue weighted by Crippen LogP contribution is 2.51. The second-order valence-electron chi connectivity index (χ2n) is 8.47. The Morgan fingerprint density at radius 2 is 1.45 bits per heavy atom. The number of carbonyl (C=O) groups excluding carboxylic acids is 2. The number of hydrogen-bond donors (Lipinski definition) is 0. The number of methoxy groups -OCH3 is 2. The Kier molecular flexibility index (Phi) is 6.12. The smallest absolute Gasteiger partial charge is 0.278 e. The van der Waals surface area contributed by atoms with Crippen molar-refractivity contribution < 1.29 is 33.7 Å². The number of nitrogens with zero attached hydrogens (tertiary/aromatic N) is 4. The molecule has 13 nitrogen and oxygen atoms in total. The van der Waals surface area contributed by atoms with E-state index in [9.17, 15) is 29.8 Å². The number of hydrogen-bond acceptors (Lipinski definition) is 10. The number of imide groups is 1. The number of amides is 2. The van der Waals surface area contributed by atoms with Crippen LogP contribution in [0.15, 0.2) is 66.7 Å². The molecule has 3 atom stereocenters. The first-order chi connectivity index (χ1) is 18.3. The van der Waals surface area contributed by atoms with Gasteiger partial charge in [0, 0.05) is 12.1 Å². The molecular weight excluding hydrogens is 500 g/mol. The maximum atomic E-state index is 13.8. The first-order valence-electron chi connectivity index (χ1n) is 11.3. The average molecular weight is 520 g/mol. The molecule has 0 N–H and O–H groups in total. The van der Waals surface area contributed by atoms with Crippen LogP contribution >= 0.6 is 0 Å². The normalized spacial score (nSPS) is 20.4. The van der Waals surface area contributed by atoms with Gasteiger partial charge in [0.25, 0.3) is 17.3 Å². The number of ether oxygens (including phenoxy) is 2. The number of hydroxylamine groups is 1. The van der Waals surface area contributed by atoms with Crippen LogP contribution in [0.25, 0.3) is 0 Å². The lowest BCUT2D eigenvalue weighted by atomic mass is 9.89. The molecule has 38 heavy (non-hydrogen) atoms. The number of fused-ring (bicyclic) bond motifs is 1. The van der Waals surface area contributed by atoms with Gasteiger partial charge < -0.3 is 9.47 Å². The first-order valence-corrected chi connectivity index (χ1v) is 11.3. The minimum absolute atomic E-state index is 0.0794. The zero-order chi connectivity index (χ0) is 27.1. The van der Waals surface area contributed by atoms with Gasteiger partial charge in [-0.1, -0.05) is 18.2 Å². The van der Waals surface area contributed by atoms with Crippen LogP contribution in [0.3, 0.4) is 0 Å². The van der Waals surface area contributed by atoms with E-state index in [1.54, 1.807) is 30.3 Å². The van der Waals surface area contributed by atoms with E-state index < -0.39 is 39.7 Å². The van der Waals surface area contributed by atoms with Crippen molar-refractivity contribution in [3.05, 3.63) is 92.5 Å². The highest BCUT2D eigenvalue weighted by Gasteiger charge is 2.61. The summed E-state index contributed by atoms with van der Waals surface area (Å²) >= 11 is 0. The summed E-state index contributed by atoms with van der Waals surface area (Å²) in [7, 11) is 2.71. The maximum absolute atomic E-state index is 13.8. The second kappa shape index (κ2) is 9.44. The minimum atomic E-state index is -1.30. The third-order valence-electron chi connectivity index (χ3n) is 6.49. The summed E-state index contributed by atoms with van der Waals surface area (Å²) in [6.07, 6.45) is -1.30. The molecule has 2 heterocycles. The van der Waals surface area contributed by atoms with Crippen LogP contribution in [-0.2, 0) is 14.4 Å². The number of nitro benzene ring substituents is 2. The number of nitro groups is 2. The van der Waals surface area contributed by atoms with E-state index in [1.807, 2.05) is 0 Å². The van der Waals surface area contributed by atoms with Crippen LogP contribution in [0.1, 0.15) is 11.6 Å². The number of non-ortho nitro benzene ring substituents is 1. The number of para-hydroxylation sites is 1. The summed E-state index contributed by atoms with van der Waals surface area (Å²) < 4.78 is 10.6. The Morgan fingerprint density at radius 1 is 0.816 bits per heavy atom. The predicted molar refractivity (Wildman–Crippen MR) is 132 cm³/mol. The molecule has 2 fully saturated rings. The van der Waals surface area contributed by atoms with Crippen molar-refractivity contribution in [2.75, 3.05) is 24.2 Å². The lowest BCUT2D eigenvalue weighted by molar-refractivity contribution is -0.385. The first kappa shape index (κ1) is 24.6. The summed E-state index contributed by atoms with van der Waals surface area (Å²) in [4.78, 5) is 56.1. The van der Waals surface area contributed by atoms with E-state index in [-0.39, 0.29) is 34.1 Å². The summed E-state index contributed by atoms with van der Waals surface area (Å²) in [5.74, 6) is -2.23. The predicted octanol–water partition coefficient (Wildman–Crippen LogP) is 3.57. The molecule has 3 aromatic carbocycles. The molecule has 0 bridgehead atoms. The van der Waals surface area contributed by atoms with Gasteiger partial charge in [-0.3, -0.25) is 34.7 Å². The highest BCUT2D eigenvalue weighted by atomic mass is 16.7. The molecule has 2 aliphatic rings. The Hall–Kier alpha value is -5.04. The van der Waals surface area contributed by atoms with E-state index in [2.05, 4.69) is 0 Å². The van der Waals surface area contributed by atoms with Gasteiger partial charge in [-0.25, -0.2) is 9.96 Å². The molecule has 3 aromatic rings. The third-order valence-corrected chi connectivity index (χ3v) is 6.49. The van der Waals surface area contributed by atoms with Crippen LogP contribution < -0.4 is 19.4 Å². The molecule has 2 saturated heterocycles. The molecule has 0 saturated carbocycles. The van der Waals surface area contributed by atoms with Crippen molar-refractivity contribution >= 4 is 34.6 Å². The van der Waals surface area contributed by atoms with Crippen molar-refractivity contribution in [2.24, 2.45) is 5.92 Å². The van der Waals surface area contributed by atoms with E-state index in [1.165, 1.54) is 55.7 Å². The number of anilines is 2. The Balaban J connectivity index is 1.65. The van der Waals surface area contributed by atoms with Gasteiger partial charge in [0.2, 0.25) is 5.91 Å². The van der Waals surface area contributed by atoms with Gasteiger partial charge in [-0.15, -0.1) is 0 Å². The average Bonchev–Trinajstić information content (AvgIpc) is 3.43. The molecular formula is C25H20N4O9. The fourth-order valence-electron chi connectivity index (χ4n) is 4.79. The highest BCUT2D eigenvalue weighted by molar-refractivity contribution is 6.24. The molecule has 2 aliphatic heterocycles. The van der Waals surface area contributed by atoms with Gasteiger partial charge in [0.05, 0.1) is 47.1 Å². The molecule has 5 rings (SSSR count). The van der Waals surface area contributed by atoms with E-state index in [4.69, 9.17) is 14.3 Å². The molecule has 0 radical (unpaired) electrons. The Bertz CT molecular complexity index is 1450. The fourth-order valence-corrected chi connectivity index (χ4v) is 4.79. The standard InChI is InChI=1S/C25H20N4O9/c1-36-19-12-17(18(29(34)35)13-20(19)37-2)22-21-23(38-27(22)15-6-4-3-5-7-15)25(31)26(24(21)30)14-8-10-16(11-9-14)28(32)33/h3-13,21-23H,1-2H3/t21-,22+,23-/m0/s1. The van der Waals surface area contributed by atoms with Crippen LogP contribution in [-0.4, -0.2) is 42.0 Å². The molecule has 0 aliphatic carbocycles. The Labute approximate surface area is 215 Å². The lowest BCUT2D eigenvalue weighted by Crippen LogP contribution is -2.37. The molecule has 13 heteroatoms. The van der Waals surface area contributed by atoms with Gasteiger partial charge >= 0.3 is 0 Å². The van der Waals surface area contributed by atoms with Crippen molar-refractivity contribution in [3.8, 4) is 11.5 Å². The molecule has 2 amide bonds. The maximum Gasteiger partial charge on any atom is 0.278 e. The lowest BCUT2D eigenvalue weighted by Gasteiger charge is -2.28. The summed E-state index contributed by atoms with van der Waals surface area (Å²) in [5.41, 5.74) is 0.106. The largest absolute Gasteiger partial charge is 0.493 e. The SMILES string of the molecule is COc1cc([C@@H]2[C@@H]3C(=O)N(c4ccc([N+](=O)[O-])cc4)C(=O)[C@H]3ON2c2ccccc2)c([N+](=O)[O-])cc1OC. The van der Waals surface area contributed by atoms with Crippen LogP contribution in [0.2, 0.25) is 0 Å². The molecule has 0 spiro atoms. The van der Waals surface area contributed by atoms with Gasteiger partial charge in [0.1, 0.15) is 12.0 Å². The quantitative estimate of drug-likeness (QED) is 0.256. The summed E-state index contributed by atoms with van der Waals surface area (Å²) in [6.45, 7) is 0. The number of carbonyl (C=O) groups is 2. The number of benzene rings is 3. The Morgan fingerprint density at radius 3 is 2.03 bits per heavy atom. The van der Waals surface area contributed by atoms with Crippen LogP contribution in [0.4, 0.5) is 22.7 Å². The van der Waals surface area contributed by atoms with E-state index >= 15 is 0 Å². The zero-order valence-corrected chi connectivity index (χ0v) is 20.0. The molecule has 194 valence electrons. The molecule has 0 aromatic heterocycles. The topological polar surface area (TPSA) is 155 Å². The van der Waals surface area contributed by atoms with Crippen molar-refractivity contribution in [2.45, 2.75) is 12.1 Å². The van der Waals surface area contributed by atoms with Crippen molar-refractivity contribution in [3.63, 3.8) is 0 Å². The summed E-state index contributed by atoms with van der Waals surface area (Å²) in [6, 6.07) is 15.0. The number of rotatable bonds is 7. The van der Waals surface area contributed by atoms with Gasteiger partial charge in [-0.2, -0.15) is 0 Å². The summed E-state index contributed by atoms with van der Waals surface area (Å²) in [5, 5.41) is 24.5. The van der Waals surface area contributed by atoms with Crippen molar-refractivity contribution in [1.82, 2.24) is 0 Å². The zero-order valence-electron chi connectivity index (χ0n) is 20.0.